The van der Waals surface area contributed by atoms with Crippen LogP contribution in [0.1, 0.15) is 18.1 Å². The van der Waals surface area contributed by atoms with Gasteiger partial charge in [-0.15, -0.1) is 0 Å². The second-order valence-corrected chi connectivity index (χ2v) is 5.93. The van der Waals surface area contributed by atoms with E-state index in [4.69, 9.17) is 4.74 Å². The molecule has 5 heteroatoms. The standard InChI is InChI=1S/C15H16BrN3O/c1-10(19-15-17-8-13(16)9-18-15)6-11-2-3-14-12(7-11)4-5-20-14/h2-3,7-10H,4-6H2,1H3,(H,17,18,19). The summed E-state index contributed by atoms with van der Waals surface area (Å²) in [5.74, 6) is 1.69. The van der Waals surface area contributed by atoms with Crippen molar-refractivity contribution in [2.45, 2.75) is 25.8 Å². The first-order valence-electron chi connectivity index (χ1n) is 6.69. The van der Waals surface area contributed by atoms with Crippen molar-refractivity contribution >= 4 is 21.9 Å². The fourth-order valence-corrected chi connectivity index (χ4v) is 2.58. The molecule has 1 aliphatic heterocycles. The van der Waals surface area contributed by atoms with Gasteiger partial charge >= 0.3 is 0 Å². The van der Waals surface area contributed by atoms with Crippen molar-refractivity contribution < 1.29 is 4.74 Å². The zero-order valence-corrected chi connectivity index (χ0v) is 12.9. The molecule has 0 radical (unpaired) electrons. The number of nitrogens with one attached hydrogen (secondary N) is 1. The molecule has 1 atom stereocenters. The van der Waals surface area contributed by atoms with Crippen molar-refractivity contribution in [3.8, 4) is 5.75 Å². The first-order chi connectivity index (χ1) is 9.70. The summed E-state index contributed by atoms with van der Waals surface area (Å²) >= 11 is 3.33. The average molecular weight is 334 g/mol. The smallest absolute Gasteiger partial charge is 0.222 e. The van der Waals surface area contributed by atoms with Crippen molar-refractivity contribution in [3.05, 3.63) is 46.2 Å². The van der Waals surface area contributed by atoms with Crippen molar-refractivity contribution in [1.82, 2.24) is 9.97 Å². The molecule has 0 saturated carbocycles. The molecule has 20 heavy (non-hydrogen) atoms. The Morgan fingerprint density at radius 1 is 1.35 bits per heavy atom. The number of aromatic nitrogens is 2. The van der Waals surface area contributed by atoms with Crippen molar-refractivity contribution in [2.24, 2.45) is 0 Å². The van der Waals surface area contributed by atoms with Gasteiger partial charge in [0, 0.05) is 24.9 Å². The third kappa shape index (κ3) is 3.10. The maximum Gasteiger partial charge on any atom is 0.222 e. The van der Waals surface area contributed by atoms with Crippen LogP contribution in [0.3, 0.4) is 0 Å². The highest BCUT2D eigenvalue weighted by Gasteiger charge is 2.13. The Kier molecular flexibility index (Phi) is 3.87. The number of benzene rings is 1. The van der Waals surface area contributed by atoms with Gasteiger partial charge < -0.3 is 10.1 Å². The number of halogens is 1. The molecule has 1 unspecified atom stereocenters. The van der Waals surface area contributed by atoms with Gasteiger partial charge in [-0.3, -0.25) is 0 Å². The van der Waals surface area contributed by atoms with Crippen molar-refractivity contribution in [3.63, 3.8) is 0 Å². The molecule has 1 aromatic heterocycles. The van der Waals surface area contributed by atoms with Crippen molar-refractivity contribution in [1.29, 1.82) is 0 Å². The fraction of sp³-hybridized carbons (Fsp3) is 0.333. The highest BCUT2D eigenvalue weighted by atomic mass is 79.9. The number of fused-ring (bicyclic) bond motifs is 1. The van der Waals surface area contributed by atoms with E-state index in [1.165, 1.54) is 11.1 Å². The molecule has 0 amide bonds. The first kappa shape index (κ1) is 13.4. The number of hydrogen-bond acceptors (Lipinski definition) is 4. The highest BCUT2D eigenvalue weighted by molar-refractivity contribution is 9.10. The lowest BCUT2D eigenvalue weighted by Crippen LogP contribution is -2.19. The van der Waals surface area contributed by atoms with E-state index >= 15 is 0 Å². The number of nitrogens with zero attached hydrogens (tertiary/aromatic N) is 2. The molecule has 0 bridgehead atoms. The summed E-state index contributed by atoms with van der Waals surface area (Å²) in [4.78, 5) is 8.46. The summed E-state index contributed by atoms with van der Waals surface area (Å²) in [6, 6.07) is 6.71. The number of rotatable bonds is 4. The SMILES string of the molecule is CC(Cc1ccc2c(c1)CCO2)Nc1ncc(Br)cn1. The summed E-state index contributed by atoms with van der Waals surface area (Å²) < 4.78 is 6.41. The fourth-order valence-electron chi connectivity index (χ4n) is 2.38. The van der Waals surface area contributed by atoms with E-state index in [1.54, 1.807) is 12.4 Å². The van der Waals surface area contributed by atoms with Gasteiger partial charge in [-0.25, -0.2) is 9.97 Å². The van der Waals surface area contributed by atoms with E-state index in [-0.39, 0.29) is 6.04 Å². The highest BCUT2D eigenvalue weighted by Crippen LogP contribution is 2.26. The van der Waals surface area contributed by atoms with Gasteiger partial charge in [-0.05, 0) is 46.5 Å². The maximum atomic E-state index is 5.53. The lowest BCUT2D eigenvalue weighted by atomic mass is 10.0. The minimum absolute atomic E-state index is 0.275. The quantitative estimate of drug-likeness (QED) is 0.933. The Balaban J connectivity index is 1.63. The molecular formula is C15H16BrN3O. The van der Waals surface area contributed by atoms with E-state index in [2.05, 4.69) is 56.3 Å². The Hall–Kier alpha value is -1.62. The van der Waals surface area contributed by atoms with Crippen LogP contribution in [0.4, 0.5) is 5.95 Å². The van der Waals surface area contributed by atoms with E-state index in [1.807, 2.05) is 0 Å². The third-order valence-corrected chi connectivity index (χ3v) is 3.70. The minimum Gasteiger partial charge on any atom is -0.493 e. The lowest BCUT2D eigenvalue weighted by Gasteiger charge is -2.14. The van der Waals surface area contributed by atoms with Crippen LogP contribution in [0.25, 0.3) is 0 Å². The van der Waals surface area contributed by atoms with Crippen LogP contribution in [0, 0.1) is 0 Å². The predicted molar refractivity (Wildman–Crippen MR) is 82.2 cm³/mol. The summed E-state index contributed by atoms with van der Waals surface area (Å²) in [5.41, 5.74) is 2.63. The van der Waals surface area contributed by atoms with Gasteiger partial charge in [-0.1, -0.05) is 12.1 Å². The predicted octanol–water partition coefficient (Wildman–Crippen LogP) is 3.22. The van der Waals surface area contributed by atoms with Gasteiger partial charge in [0.2, 0.25) is 5.95 Å². The molecule has 1 N–H and O–H groups in total. The molecule has 2 heterocycles. The molecule has 1 aromatic carbocycles. The monoisotopic (exact) mass is 333 g/mol. The van der Waals surface area contributed by atoms with E-state index in [0.717, 1.165) is 29.7 Å². The summed E-state index contributed by atoms with van der Waals surface area (Å²) in [6.45, 7) is 2.94. The number of ether oxygens (including phenoxy) is 1. The van der Waals surface area contributed by atoms with E-state index < -0.39 is 0 Å². The van der Waals surface area contributed by atoms with Crippen LogP contribution < -0.4 is 10.1 Å². The third-order valence-electron chi connectivity index (χ3n) is 3.29. The zero-order chi connectivity index (χ0) is 13.9. The Labute approximate surface area is 126 Å². The van der Waals surface area contributed by atoms with Crippen molar-refractivity contribution in [2.75, 3.05) is 11.9 Å². The summed E-state index contributed by atoms with van der Waals surface area (Å²) in [5, 5.41) is 3.31. The van der Waals surface area contributed by atoms with Gasteiger partial charge in [0.1, 0.15) is 5.75 Å². The zero-order valence-electron chi connectivity index (χ0n) is 11.3. The lowest BCUT2D eigenvalue weighted by molar-refractivity contribution is 0.357. The topological polar surface area (TPSA) is 47.0 Å². The first-order valence-corrected chi connectivity index (χ1v) is 7.49. The molecule has 3 rings (SSSR count). The van der Waals surface area contributed by atoms with E-state index in [9.17, 15) is 0 Å². The van der Waals surface area contributed by atoms with Crippen LogP contribution in [0.5, 0.6) is 5.75 Å². The summed E-state index contributed by atoms with van der Waals surface area (Å²) in [6.07, 6.45) is 5.44. The average Bonchev–Trinajstić information content (AvgIpc) is 2.89. The van der Waals surface area contributed by atoms with Crippen LogP contribution >= 0.6 is 15.9 Å². The molecular weight excluding hydrogens is 318 g/mol. The molecule has 104 valence electrons. The van der Waals surface area contributed by atoms with Gasteiger partial charge in [-0.2, -0.15) is 0 Å². The van der Waals surface area contributed by atoms with Crippen LogP contribution in [0.2, 0.25) is 0 Å². The second-order valence-electron chi connectivity index (χ2n) is 5.01. The Morgan fingerprint density at radius 2 is 2.15 bits per heavy atom. The van der Waals surface area contributed by atoms with E-state index in [0.29, 0.717) is 5.95 Å². The molecule has 0 fully saturated rings. The summed E-state index contributed by atoms with van der Waals surface area (Å²) in [7, 11) is 0. The van der Waals surface area contributed by atoms with Crippen LogP contribution in [0.15, 0.2) is 35.1 Å². The Bertz CT molecular complexity index is 601. The molecule has 4 nitrogen and oxygen atoms in total. The number of anilines is 1. The maximum absolute atomic E-state index is 5.53. The molecule has 0 saturated heterocycles. The molecule has 0 aliphatic carbocycles. The van der Waals surface area contributed by atoms with Gasteiger partial charge in [0.05, 0.1) is 11.1 Å². The van der Waals surface area contributed by atoms with Gasteiger partial charge in [0.25, 0.3) is 0 Å². The number of hydrogen-bond donors (Lipinski definition) is 1. The second kappa shape index (κ2) is 5.79. The largest absolute Gasteiger partial charge is 0.493 e. The van der Waals surface area contributed by atoms with Crippen LogP contribution in [-0.2, 0) is 12.8 Å². The van der Waals surface area contributed by atoms with Gasteiger partial charge in [0.15, 0.2) is 0 Å². The molecule has 2 aromatic rings. The minimum atomic E-state index is 0.275. The normalized spacial score (nSPS) is 14.5. The molecule has 1 aliphatic rings. The molecule has 0 spiro atoms. The Morgan fingerprint density at radius 3 is 2.95 bits per heavy atom. The van der Waals surface area contributed by atoms with Crippen LogP contribution in [-0.4, -0.2) is 22.6 Å².